The number of benzene rings is 1. The Morgan fingerprint density at radius 1 is 1.60 bits per heavy atom. The van der Waals surface area contributed by atoms with Crippen molar-refractivity contribution < 1.29 is 13.2 Å². The molecule has 0 saturated carbocycles. The van der Waals surface area contributed by atoms with Crippen molar-refractivity contribution in [1.29, 1.82) is 0 Å². The maximum absolute atomic E-state index is 13.3. The number of nitrogens with zero attached hydrogens (tertiary/aromatic N) is 1. The number of hydrogen-bond donors (Lipinski definition) is 2. The normalized spacial score (nSPS) is 16.6. The van der Waals surface area contributed by atoms with Gasteiger partial charge in [-0.1, -0.05) is 11.6 Å². The van der Waals surface area contributed by atoms with Gasteiger partial charge in [0.15, 0.2) is 0 Å². The van der Waals surface area contributed by atoms with Crippen LogP contribution in [0, 0.1) is 5.82 Å². The molecule has 1 aliphatic rings. The molecule has 4 nitrogen and oxygen atoms in total. The molecular weight excluding hydrogens is 243 g/mol. The molecular formula is C8H8ClFN2O2S. The highest BCUT2D eigenvalue weighted by Gasteiger charge is 2.25. The Labute approximate surface area is 93.4 Å². The Balaban J connectivity index is 2.41. The number of nitrogens with one attached hydrogen (secondary N) is 1. The van der Waals surface area contributed by atoms with Gasteiger partial charge in [-0.15, -0.1) is 4.83 Å². The molecule has 1 heterocycles. The van der Waals surface area contributed by atoms with Crippen LogP contribution in [0.15, 0.2) is 12.1 Å². The van der Waals surface area contributed by atoms with E-state index in [0.29, 0.717) is 29.2 Å². The van der Waals surface area contributed by atoms with Gasteiger partial charge in [-0.05, 0) is 18.6 Å². The highest BCUT2D eigenvalue weighted by Crippen LogP contribution is 2.35. The fraction of sp³-hybridized carbons (Fsp3) is 0.250. The van der Waals surface area contributed by atoms with E-state index in [4.69, 9.17) is 16.2 Å². The Morgan fingerprint density at radius 3 is 3.00 bits per heavy atom. The lowest BCUT2D eigenvalue weighted by atomic mass is 10.1. The minimum Gasteiger partial charge on any atom is -0.293 e. The summed E-state index contributed by atoms with van der Waals surface area (Å²) in [5.41, 5.74) is 0.916. The maximum atomic E-state index is 13.3. The van der Waals surface area contributed by atoms with E-state index in [0.717, 1.165) is 0 Å². The first-order chi connectivity index (χ1) is 7.09. The largest absolute Gasteiger partial charge is 0.293 e. The highest BCUT2D eigenvalue weighted by molar-refractivity contribution is 7.77. The van der Waals surface area contributed by atoms with Gasteiger partial charge in [-0.3, -0.25) is 9.56 Å². The number of rotatable bonds is 2. The second kappa shape index (κ2) is 4.05. The lowest BCUT2D eigenvalue weighted by molar-refractivity contribution is 0.545. The molecule has 1 aliphatic heterocycles. The van der Waals surface area contributed by atoms with Crippen molar-refractivity contribution in [2.45, 2.75) is 6.42 Å². The third-order valence-electron chi connectivity index (χ3n) is 2.22. The topological polar surface area (TPSA) is 52.6 Å². The van der Waals surface area contributed by atoms with Crippen LogP contribution in [0.5, 0.6) is 0 Å². The summed E-state index contributed by atoms with van der Waals surface area (Å²) in [4.78, 5) is 2.28. The summed E-state index contributed by atoms with van der Waals surface area (Å²) in [6.07, 6.45) is 0.464. The smallest absolute Gasteiger partial charge is 0.250 e. The van der Waals surface area contributed by atoms with E-state index in [-0.39, 0.29) is 5.82 Å². The zero-order chi connectivity index (χ0) is 11.0. The van der Waals surface area contributed by atoms with Gasteiger partial charge in [0, 0.05) is 12.1 Å². The second-order valence-corrected chi connectivity index (χ2v) is 4.19. The Bertz CT molecular complexity index is 429. The van der Waals surface area contributed by atoms with Crippen LogP contribution in [-0.2, 0) is 17.7 Å². The number of fused-ring (bicyclic) bond motifs is 1. The van der Waals surface area contributed by atoms with E-state index in [2.05, 4.69) is 4.83 Å². The van der Waals surface area contributed by atoms with Crippen LogP contribution in [0.25, 0.3) is 0 Å². The monoisotopic (exact) mass is 250 g/mol. The zero-order valence-electron chi connectivity index (χ0n) is 7.54. The van der Waals surface area contributed by atoms with Crippen LogP contribution < -0.4 is 9.84 Å². The molecule has 2 N–H and O–H groups in total. The quantitative estimate of drug-likeness (QED) is 0.782. The molecule has 7 heteroatoms. The minimum absolute atomic E-state index is 0.345. The molecule has 0 aliphatic carbocycles. The summed E-state index contributed by atoms with van der Waals surface area (Å²) in [7, 11) is 0. The molecule has 1 atom stereocenters. The fourth-order valence-electron chi connectivity index (χ4n) is 1.63. The summed E-state index contributed by atoms with van der Waals surface area (Å²) in [5.74, 6) is -0.345. The first-order valence-electron chi connectivity index (χ1n) is 4.21. The van der Waals surface area contributed by atoms with Crippen LogP contribution >= 0.6 is 11.6 Å². The molecule has 15 heavy (non-hydrogen) atoms. The van der Waals surface area contributed by atoms with Crippen LogP contribution in [0.1, 0.15) is 5.56 Å². The van der Waals surface area contributed by atoms with Gasteiger partial charge < -0.3 is 0 Å². The van der Waals surface area contributed by atoms with E-state index in [1.54, 1.807) is 0 Å². The van der Waals surface area contributed by atoms with Crippen LogP contribution in [0.3, 0.4) is 0 Å². The zero-order valence-corrected chi connectivity index (χ0v) is 9.11. The first kappa shape index (κ1) is 10.8. The van der Waals surface area contributed by atoms with Gasteiger partial charge >= 0.3 is 0 Å². The van der Waals surface area contributed by atoms with Crippen LogP contribution in [0.4, 0.5) is 10.1 Å². The fourth-order valence-corrected chi connectivity index (χ4v) is 2.28. The van der Waals surface area contributed by atoms with E-state index in [1.807, 2.05) is 0 Å². The molecule has 0 aromatic heterocycles. The van der Waals surface area contributed by atoms with Crippen LogP contribution in [-0.4, -0.2) is 15.3 Å². The Hall–Kier alpha value is -0.690. The predicted molar refractivity (Wildman–Crippen MR) is 56.4 cm³/mol. The third kappa shape index (κ3) is 1.98. The molecule has 0 spiro atoms. The van der Waals surface area contributed by atoms with E-state index < -0.39 is 11.3 Å². The average molecular weight is 251 g/mol. The van der Waals surface area contributed by atoms with Crippen molar-refractivity contribution in [3.05, 3.63) is 28.5 Å². The van der Waals surface area contributed by atoms with Gasteiger partial charge in [0.25, 0.3) is 11.3 Å². The lowest BCUT2D eigenvalue weighted by Gasteiger charge is -2.18. The number of halogens is 2. The highest BCUT2D eigenvalue weighted by atomic mass is 35.5. The Kier molecular flexibility index (Phi) is 2.92. The molecule has 1 aromatic rings. The number of hydrogen-bond acceptors (Lipinski definition) is 2. The van der Waals surface area contributed by atoms with E-state index >= 15 is 0 Å². The molecule has 2 rings (SSSR count). The molecule has 0 radical (unpaired) electrons. The first-order valence-corrected chi connectivity index (χ1v) is 5.69. The van der Waals surface area contributed by atoms with Gasteiger partial charge in [-0.2, -0.15) is 0 Å². The maximum Gasteiger partial charge on any atom is 0.250 e. The molecule has 0 saturated heterocycles. The standard InChI is InChI=1S/C8H8ClFN2O2S/c9-6-1-2-7(10)5-3-4-12(8(5)6)11-15(13)14/h1-2,11H,3-4H2,(H,13,14). The summed E-state index contributed by atoms with van der Waals surface area (Å²) in [5, 5.41) is 1.75. The van der Waals surface area contributed by atoms with Crippen molar-refractivity contribution in [3.63, 3.8) is 0 Å². The van der Waals surface area contributed by atoms with Gasteiger partial charge in [0.2, 0.25) is 0 Å². The molecule has 0 amide bonds. The molecule has 0 bridgehead atoms. The van der Waals surface area contributed by atoms with Crippen molar-refractivity contribution in [3.8, 4) is 0 Å². The van der Waals surface area contributed by atoms with E-state index in [1.165, 1.54) is 17.1 Å². The summed E-state index contributed by atoms with van der Waals surface area (Å²) in [6, 6.07) is 2.72. The van der Waals surface area contributed by atoms with Gasteiger partial charge in [-0.25, -0.2) is 8.60 Å². The third-order valence-corrected chi connectivity index (χ3v) is 2.90. The molecule has 0 fully saturated rings. The van der Waals surface area contributed by atoms with Gasteiger partial charge in [0.1, 0.15) is 5.82 Å². The molecule has 1 aromatic carbocycles. The summed E-state index contributed by atoms with van der Waals surface area (Å²) < 4.78 is 32.6. The van der Waals surface area contributed by atoms with Crippen molar-refractivity contribution in [1.82, 2.24) is 4.83 Å². The van der Waals surface area contributed by atoms with Gasteiger partial charge in [0.05, 0.1) is 10.7 Å². The SMILES string of the molecule is O=S(O)NN1CCc2c(F)ccc(Cl)c21. The van der Waals surface area contributed by atoms with Crippen molar-refractivity contribution in [2.24, 2.45) is 0 Å². The van der Waals surface area contributed by atoms with Crippen molar-refractivity contribution >= 4 is 28.6 Å². The average Bonchev–Trinajstić information content (AvgIpc) is 2.56. The minimum atomic E-state index is -2.18. The van der Waals surface area contributed by atoms with Crippen LogP contribution in [0.2, 0.25) is 5.02 Å². The lowest BCUT2D eigenvalue weighted by Crippen LogP contribution is -2.37. The molecule has 82 valence electrons. The summed E-state index contributed by atoms with van der Waals surface area (Å²) in [6.45, 7) is 0.419. The van der Waals surface area contributed by atoms with E-state index in [9.17, 15) is 8.60 Å². The predicted octanol–water partition coefficient (Wildman–Crippen LogP) is 1.48. The number of hydrazine groups is 1. The number of anilines is 1. The second-order valence-electron chi connectivity index (χ2n) is 3.10. The Morgan fingerprint density at radius 2 is 2.33 bits per heavy atom. The summed E-state index contributed by atoms with van der Waals surface area (Å²) >= 11 is 3.71. The molecule has 1 unspecified atom stereocenters. The van der Waals surface area contributed by atoms with Crippen molar-refractivity contribution in [2.75, 3.05) is 11.6 Å².